The zero-order chi connectivity index (χ0) is 28.8. The summed E-state index contributed by atoms with van der Waals surface area (Å²) in [6, 6.07) is 33.4. The highest BCUT2D eigenvalue weighted by molar-refractivity contribution is 5.74. The van der Waals surface area contributed by atoms with Gasteiger partial charge >= 0.3 is 0 Å². The van der Waals surface area contributed by atoms with Crippen molar-refractivity contribution in [1.29, 1.82) is 0 Å². The molecule has 7 nitrogen and oxygen atoms in total. The molecular weight excluding hydrogens is 530 g/mol. The molecule has 1 aliphatic carbocycles. The molecule has 43 heavy (non-hydrogen) atoms. The third kappa shape index (κ3) is 5.95. The van der Waals surface area contributed by atoms with E-state index in [9.17, 15) is 0 Å². The molecule has 214 valence electrons. The number of nitrogens with one attached hydrogen (secondary N) is 3. The number of fused-ring (bicyclic) bond motifs is 2. The SMILES string of the molecule is c1ccc(C(CNC(c2ccccn2)c2ccccn2)c2ccnc3c2CCCC3NCc2nc3ccccc3[nH]2)cc1. The largest absolute Gasteiger partial charge is 0.341 e. The van der Waals surface area contributed by atoms with Gasteiger partial charge in [-0.1, -0.05) is 54.6 Å². The maximum absolute atomic E-state index is 4.95. The van der Waals surface area contributed by atoms with Crippen LogP contribution in [0.1, 0.15) is 70.4 Å². The molecule has 0 radical (unpaired) electrons. The third-order valence-corrected chi connectivity index (χ3v) is 8.40. The van der Waals surface area contributed by atoms with Crippen molar-refractivity contribution < 1.29 is 0 Å². The average molecular weight is 566 g/mol. The number of pyridine rings is 3. The van der Waals surface area contributed by atoms with Crippen molar-refractivity contribution in [3.05, 3.63) is 155 Å². The first-order valence-electron chi connectivity index (χ1n) is 15.1. The molecule has 2 aromatic carbocycles. The molecule has 0 amide bonds. The highest BCUT2D eigenvalue weighted by Gasteiger charge is 2.28. The van der Waals surface area contributed by atoms with E-state index in [0.717, 1.165) is 59.7 Å². The molecule has 0 fully saturated rings. The number of para-hydroxylation sites is 2. The summed E-state index contributed by atoms with van der Waals surface area (Å²) in [5.74, 6) is 1.09. The van der Waals surface area contributed by atoms with E-state index in [4.69, 9.17) is 9.97 Å². The van der Waals surface area contributed by atoms with Crippen molar-refractivity contribution in [2.45, 2.75) is 43.8 Å². The molecule has 2 unspecified atom stereocenters. The van der Waals surface area contributed by atoms with Gasteiger partial charge < -0.3 is 15.6 Å². The van der Waals surface area contributed by atoms with Crippen LogP contribution in [0, 0.1) is 0 Å². The van der Waals surface area contributed by atoms with E-state index in [2.05, 4.69) is 80.2 Å². The second-order valence-electron chi connectivity index (χ2n) is 11.1. The van der Waals surface area contributed by atoms with Crippen molar-refractivity contribution in [2.75, 3.05) is 6.54 Å². The van der Waals surface area contributed by atoms with Crippen LogP contribution in [0.15, 0.2) is 116 Å². The number of benzene rings is 2. The highest BCUT2D eigenvalue weighted by Crippen LogP contribution is 2.36. The summed E-state index contributed by atoms with van der Waals surface area (Å²) in [5.41, 5.74) is 9.11. The van der Waals surface area contributed by atoms with Gasteiger partial charge in [0.15, 0.2) is 0 Å². The Morgan fingerprint density at radius 2 is 1.51 bits per heavy atom. The fraction of sp³-hybridized carbons (Fsp3) is 0.222. The molecule has 0 aliphatic heterocycles. The smallest absolute Gasteiger partial charge is 0.121 e. The van der Waals surface area contributed by atoms with E-state index in [0.29, 0.717) is 6.54 Å². The lowest BCUT2D eigenvalue weighted by atomic mass is 9.81. The van der Waals surface area contributed by atoms with Crippen molar-refractivity contribution in [3.8, 4) is 0 Å². The molecule has 4 aromatic heterocycles. The van der Waals surface area contributed by atoms with Crippen LogP contribution in [0.2, 0.25) is 0 Å². The molecule has 0 saturated heterocycles. The van der Waals surface area contributed by atoms with Gasteiger partial charge in [0.25, 0.3) is 0 Å². The van der Waals surface area contributed by atoms with Crippen molar-refractivity contribution in [3.63, 3.8) is 0 Å². The van der Waals surface area contributed by atoms with Gasteiger partial charge in [0.1, 0.15) is 5.82 Å². The van der Waals surface area contributed by atoms with Crippen LogP contribution in [0.5, 0.6) is 0 Å². The number of hydrogen-bond donors (Lipinski definition) is 3. The summed E-state index contributed by atoms with van der Waals surface area (Å²) in [6.07, 6.45) is 8.87. The maximum atomic E-state index is 4.95. The van der Waals surface area contributed by atoms with Crippen LogP contribution >= 0.6 is 0 Å². The minimum absolute atomic E-state index is 0.121. The highest BCUT2D eigenvalue weighted by atomic mass is 15.0. The topological polar surface area (TPSA) is 91.4 Å². The van der Waals surface area contributed by atoms with Gasteiger partial charge in [-0.3, -0.25) is 15.0 Å². The van der Waals surface area contributed by atoms with E-state index < -0.39 is 0 Å². The molecule has 1 aliphatic rings. The first kappa shape index (κ1) is 27.1. The summed E-state index contributed by atoms with van der Waals surface area (Å²) in [6.45, 7) is 1.40. The van der Waals surface area contributed by atoms with E-state index >= 15 is 0 Å². The minimum Gasteiger partial charge on any atom is -0.341 e. The molecular formula is C36H35N7. The molecule has 2 atom stereocenters. The molecule has 0 bridgehead atoms. The van der Waals surface area contributed by atoms with Gasteiger partial charge in [0, 0.05) is 31.1 Å². The Hall–Kier alpha value is -4.72. The number of H-pyrrole nitrogens is 1. The third-order valence-electron chi connectivity index (χ3n) is 8.40. The second-order valence-corrected chi connectivity index (χ2v) is 11.1. The summed E-state index contributed by atoms with van der Waals surface area (Å²) in [4.78, 5) is 22.6. The fourth-order valence-corrected chi connectivity index (χ4v) is 6.33. The standard InChI is InChI=1S/C36H35N7/c1-2-11-25(12-3-1)28(23-41-36(32-16-6-8-20-37-32)33-17-7-9-21-38-33)26-19-22-39-35-27(26)13-10-18-31(35)40-24-34-42-29-14-4-5-15-30(29)43-34/h1-9,11-12,14-17,19-22,28,31,36,40-41H,10,13,18,23-24H2,(H,42,43). The first-order valence-corrected chi connectivity index (χ1v) is 15.1. The first-order chi connectivity index (χ1) is 21.3. The van der Waals surface area contributed by atoms with Gasteiger partial charge in [-0.05, 0) is 78.4 Å². The molecule has 3 N–H and O–H groups in total. The number of imidazole rings is 1. The van der Waals surface area contributed by atoms with Crippen LogP contribution < -0.4 is 10.6 Å². The summed E-state index contributed by atoms with van der Waals surface area (Å²) < 4.78 is 0. The number of hydrogen-bond acceptors (Lipinski definition) is 6. The van der Waals surface area contributed by atoms with Crippen LogP contribution in [0.25, 0.3) is 11.0 Å². The maximum Gasteiger partial charge on any atom is 0.121 e. The molecule has 7 rings (SSSR count). The quantitative estimate of drug-likeness (QED) is 0.177. The van der Waals surface area contributed by atoms with Crippen molar-refractivity contribution in [2.24, 2.45) is 0 Å². The predicted octanol–water partition coefficient (Wildman–Crippen LogP) is 6.43. The average Bonchev–Trinajstić information content (AvgIpc) is 3.50. The Balaban J connectivity index is 1.18. The van der Waals surface area contributed by atoms with E-state index in [1.54, 1.807) is 0 Å². The fourth-order valence-electron chi connectivity index (χ4n) is 6.33. The molecule has 0 spiro atoms. The Labute approximate surface area is 251 Å². The van der Waals surface area contributed by atoms with Crippen LogP contribution in [-0.4, -0.2) is 31.5 Å². The van der Waals surface area contributed by atoms with Crippen LogP contribution in [0.3, 0.4) is 0 Å². The Morgan fingerprint density at radius 3 is 2.26 bits per heavy atom. The van der Waals surface area contributed by atoms with Crippen molar-refractivity contribution >= 4 is 11.0 Å². The minimum atomic E-state index is -0.121. The van der Waals surface area contributed by atoms with Gasteiger partial charge in [0.2, 0.25) is 0 Å². The number of aromatic nitrogens is 5. The Bertz CT molecular complexity index is 1700. The van der Waals surface area contributed by atoms with Gasteiger partial charge in [-0.25, -0.2) is 4.98 Å². The second kappa shape index (κ2) is 12.7. The van der Waals surface area contributed by atoms with Crippen LogP contribution in [0.4, 0.5) is 0 Å². The van der Waals surface area contributed by atoms with Crippen LogP contribution in [-0.2, 0) is 13.0 Å². The zero-order valence-electron chi connectivity index (χ0n) is 24.0. The lowest BCUT2D eigenvalue weighted by Crippen LogP contribution is -2.31. The lowest BCUT2D eigenvalue weighted by molar-refractivity contribution is 0.439. The van der Waals surface area contributed by atoms with Gasteiger partial charge in [-0.15, -0.1) is 0 Å². The number of rotatable bonds is 10. The molecule has 0 saturated carbocycles. The van der Waals surface area contributed by atoms with E-state index in [1.165, 1.54) is 16.7 Å². The summed E-state index contributed by atoms with van der Waals surface area (Å²) >= 11 is 0. The molecule has 4 heterocycles. The van der Waals surface area contributed by atoms with Crippen molar-refractivity contribution in [1.82, 2.24) is 35.6 Å². The number of nitrogens with zero attached hydrogens (tertiary/aromatic N) is 4. The Kier molecular flexibility index (Phi) is 7.98. The van der Waals surface area contributed by atoms with Gasteiger partial charge in [-0.2, -0.15) is 0 Å². The number of aromatic amines is 1. The normalized spacial score (nSPS) is 15.4. The predicted molar refractivity (Wildman–Crippen MR) is 169 cm³/mol. The molecule has 6 aromatic rings. The Morgan fingerprint density at radius 1 is 0.767 bits per heavy atom. The van der Waals surface area contributed by atoms with Gasteiger partial charge in [0.05, 0.1) is 46.7 Å². The summed E-state index contributed by atoms with van der Waals surface area (Å²) in [7, 11) is 0. The summed E-state index contributed by atoms with van der Waals surface area (Å²) in [5, 5.41) is 7.62. The monoisotopic (exact) mass is 565 g/mol. The lowest BCUT2D eigenvalue weighted by Gasteiger charge is -2.30. The van der Waals surface area contributed by atoms with E-state index in [1.807, 2.05) is 61.1 Å². The zero-order valence-corrected chi connectivity index (χ0v) is 24.0. The van der Waals surface area contributed by atoms with E-state index in [-0.39, 0.29) is 18.0 Å². The molecule has 7 heteroatoms.